The van der Waals surface area contributed by atoms with Gasteiger partial charge in [-0.3, -0.25) is 0 Å². The number of esters is 1. The van der Waals surface area contributed by atoms with Crippen molar-refractivity contribution in [3.8, 4) is 28.7 Å². The van der Waals surface area contributed by atoms with Gasteiger partial charge in [0.2, 0.25) is 18.4 Å². The maximum atomic E-state index is 12.3. The summed E-state index contributed by atoms with van der Waals surface area (Å²) >= 11 is 0. The zero-order valence-corrected chi connectivity index (χ0v) is 15.5. The van der Waals surface area contributed by atoms with Crippen LogP contribution in [0.1, 0.15) is 11.1 Å². The lowest BCUT2D eigenvalue weighted by molar-refractivity contribution is -0.129. The molecule has 0 amide bonds. The molecule has 144 valence electrons. The first-order valence-electron chi connectivity index (χ1n) is 8.36. The number of carbonyl (C=O) groups excluding carboxylic acids is 1. The molecule has 2 aromatic carbocycles. The molecule has 8 heteroatoms. The van der Waals surface area contributed by atoms with E-state index < -0.39 is 5.97 Å². The molecule has 0 aromatic heterocycles. The molecular formula is C20H17NO7. The Balaban J connectivity index is 1.71. The van der Waals surface area contributed by atoms with Crippen LogP contribution in [-0.4, -0.2) is 40.0 Å². The first-order valence-corrected chi connectivity index (χ1v) is 8.36. The molecule has 0 aliphatic carbocycles. The van der Waals surface area contributed by atoms with Gasteiger partial charge in [0.15, 0.2) is 28.7 Å². The summed E-state index contributed by atoms with van der Waals surface area (Å²) in [6.07, 6.45) is 1.57. The monoisotopic (exact) mass is 383 g/mol. The minimum atomic E-state index is -0.565. The average molecular weight is 383 g/mol. The summed E-state index contributed by atoms with van der Waals surface area (Å²) in [6, 6.07) is 8.67. The average Bonchev–Trinajstić information content (AvgIpc) is 3.33. The molecule has 0 unspecified atom stereocenters. The van der Waals surface area contributed by atoms with E-state index >= 15 is 0 Å². The van der Waals surface area contributed by atoms with Crippen molar-refractivity contribution in [3.63, 3.8) is 0 Å². The van der Waals surface area contributed by atoms with Gasteiger partial charge in [-0.15, -0.1) is 0 Å². The SMILES string of the molecule is COc1ccc(/C=C2\N=C(c3ccc4c(c3)OCO4)OC2=O)c(OC)c1OC. The fourth-order valence-electron chi connectivity index (χ4n) is 2.95. The third-order valence-corrected chi connectivity index (χ3v) is 4.27. The highest BCUT2D eigenvalue weighted by molar-refractivity contribution is 6.13. The highest BCUT2D eigenvalue weighted by atomic mass is 16.7. The molecule has 0 radical (unpaired) electrons. The van der Waals surface area contributed by atoms with Gasteiger partial charge < -0.3 is 28.4 Å². The second-order valence-electron chi connectivity index (χ2n) is 5.83. The van der Waals surface area contributed by atoms with Crippen molar-refractivity contribution in [2.75, 3.05) is 28.1 Å². The van der Waals surface area contributed by atoms with E-state index in [2.05, 4.69) is 4.99 Å². The molecular weight excluding hydrogens is 366 g/mol. The molecule has 0 atom stereocenters. The number of fused-ring (bicyclic) bond motifs is 1. The van der Waals surface area contributed by atoms with Gasteiger partial charge in [0.1, 0.15) is 0 Å². The normalized spacial score (nSPS) is 16.0. The Bertz CT molecular complexity index is 1010. The lowest BCUT2D eigenvalue weighted by Crippen LogP contribution is -2.05. The van der Waals surface area contributed by atoms with E-state index in [1.165, 1.54) is 21.3 Å². The van der Waals surface area contributed by atoms with Crippen molar-refractivity contribution >= 4 is 17.9 Å². The molecule has 0 saturated heterocycles. The van der Waals surface area contributed by atoms with Crippen molar-refractivity contribution < 1.29 is 33.2 Å². The molecule has 2 aromatic rings. The van der Waals surface area contributed by atoms with Gasteiger partial charge >= 0.3 is 5.97 Å². The molecule has 4 rings (SSSR count). The molecule has 0 N–H and O–H groups in total. The largest absolute Gasteiger partial charge is 0.493 e. The lowest BCUT2D eigenvalue weighted by Gasteiger charge is -2.14. The quantitative estimate of drug-likeness (QED) is 0.580. The predicted molar refractivity (Wildman–Crippen MR) is 99.3 cm³/mol. The Morgan fingerprint density at radius 3 is 2.50 bits per heavy atom. The number of rotatable bonds is 5. The third kappa shape index (κ3) is 2.98. The molecule has 0 bridgehead atoms. The summed E-state index contributed by atoms with van der Waals surface area (Å²) in [5.74, 6) is 2.20. The highest BCUT2D eigenvalue weighted by Gasteiger charge is 2.27. The van der Waals surface area contributed by atoms with E-state index in [1.54, 1.807) is 36.4 Å². The van der Waals surface area contributed by atoms with Crippen LogP contribution >= 0.6 is 0 Å². The lowest BCUT2D eigenvalue weighted by atomic mass is 10.1. The minimum Gasteiger partial charge on any atom is -0.493 e. The molecule has 0 spiro atoms. The second-order valence-corrected chi connectivity index (χ2v) is 5.83. The number of cyclic esters (lactones) is 1. The van der Waals surface area contributed by atoms with Crippen molar-refractivity contribution in [1.29, 1.82) is 0 Å². The van der Waals surface area contributed by atoms with Gasteiger partial charge in [0, 0.05) is 11.1 Å². The maximum Gasteiger partial charge on any atom is 0.363 e. The van der Waals surface area contributed by atoms with Crippen LogP contribution in [0.25, 0.3) is 6.08 Å². The Morgan fingerprint density at radius 1 is 0.964 bits per heavy atom. The number of hydrogen-bond donors (Lipinski definition) is 0. The molecule has 2 aliphatic heterocycles. The first kappa shape index (κ1) is 17.7. The minimum absolute atomic E-state index is 0.137. The zero-order valence-electron chi connectivity index (χ0n) is 15.5. The Hall–Kier alpha value is -3.68. The zero-order chi connectivity index (χ0) is 19.7. The second kappa shape index (κ2) is 7.15. The molecule has 0 fully saturated rings. The van der Waals surface area contributed by atoms with E-state index in [1.807, 2.05) is 0 Å². The van der Waals surface area contributed by atoms with Crippen LogP contribution < -0.4 is 23.7 Å². The van der Waals surface area contributed by atoms with Crippen LogP contribution in [0.2, 0.25) is 0 Å². The summed E-state index contributed by atoms with van der Waals surface area (Å²) in [4.78, 5) is 16.6. The number of aliphatic imine (C=N–C) groups is 1. The Morgan fingerprint density at radius 2 is 1.75 bits per heavy atom. The fourth-order valence-corrected chi connectivity index (χ4v) is 2.95. The van der Waals surface area contributed by atoms with Gasteiger partial charge in [-0.2, -0.15) is 0 Å². The molecule has 8 nitrogen and oxygen atoms in total. The van der Waals surface area contributed by atoms with Gasteiger partial charge in [-0.1, -0.05) is 0 Å². The first-order chi connectivity index (χ1) is 13.6. The summed E-state index contributed by atoms with van der Waals surface area (Å²) in [7, 11) is 4.55. The van der Waals surface area contributed by atoms with Crippen molar-refractivity contribution in [1.82, 2.24) is 0 Å². The Labute approximate surface area is 160 Å². The van der Waals surface area contributed by atoms with E-state index in [9.17, 15) is 4.79 Å². The van der Waals surface area contributed by atoms with Gasteiger partial charge in [-0.25, -0.2) is 9.79 Å². The number of ether oxygens (including phenoxy) is 6. The number of nitrogens with zero attached hydrogens (tertiary/aromatic N) is 1. The Kier molecular flexibility index (Phi) is 4.52. The van der Waals surface area contributed by atoms with E-state index in [4.69, 9.17) is 28.4 Å². The van der Waals surface area contributed by atoms with E-state index in [0.717, 1.165) is 0 Å². The number of hydrogen-bond acceptors (Lipinski definition) is 8. The molecule has 0 saturated carbocycles. The summed E-state index contributed by atoms with van der Waals surface area (Å²) in [6.45, 7) is 0.162. The van der Waals surface area contributed by atoms with Crippen LogP contribution in [0, 0.1) is 0 Å². The summed E-state index contributed by atoms with van der Waals surface area (Å²) < 4.78 is 32.0. The van der Waals surface area contributed by atoms with Gasteiger partial charge in [0.25, 0.3) is 0 Å². The van der Waals surface area contributed by atoms with Crippen LogP contribution in [0.4, 0.5) is 0 Å². The van der Waals surface area contributed by atoms with E-state index in [0.29, 0.717) is 39.9 Å². The van der Waals surface area contributed by atoms with Crippen LogP contribution in [0.5, 0.6) is 28.7 Å². The number of methoxy groups -OCH3 is 3. The molecule has 28 heavy (non-hydrogen) atoms. The summed E-state index contributed by atoms with van der Waals surface area (Å²) in [5.41, 5.74) is 1.35. The smallest absolute Gasteiger partial charge is 0.363 e. The van der Waals surface area contributed by atoms with E-state index in [-0.39, 0.29) is 18.4 Å². The van der Waals surface area contributed by atoms with Crippen LogP contribution in [0.15, 0.2) is 41.0 Å². The molecule has 2 heterocycles. The third-order valence-electron chi connectivity index (χ3n) is 4.27. The van der Waals surface area contributed by atoms with Crippen LogP contribution in [0.3, 0.4) is 0 Å². The van der Waals surface area contributed by atoms with Crippen molar-refractivity contribution in [2.24, 2.45) is 4.99 Å². The number of carbonyl (C=O) groups is 1. The standard InChI is InChI=1S/C20H17NO7/c1-23-15-7-4-11(17(24-2)18(15)25-3)8-13-20(22)28-19(21-13)12-5-6-14-16(9-12)27-10-26-14/h4-9H,10H2,1-3H3/b13-8-. The maximum absolute atomic E-state index is 12.3. The van der Waals surface area contributed by atoms with Gasteiger partial charge in [0.05, 0.1) is 21.3 Å². The topological polar surface area (TPSA) is 84.8 Å². The van der Waals surface area contributed by atoms with Gasteiger partial charge in [-0.05, 0) is 36.4 Å². The van der Waals surface area contributed by atoms with Crippen molar-refractivity contribution in [2.45, 2.75) is 0 Å². The number of benzene rings is 2. The van der Waals surface area contributed by atoms with Crippen LogP contribution in [-0.2, 0) is 9.53 Å². The fraction of sp³-hybridized carbons (Fsp3) is 0.200. The predicted octanol–water partition coefficient (Wildman–Crippen LogP) is 2.79. The summed E-state index contributed by atoms with van der Waals surface area (Å²) in [5, 5.41) is 0. The van der Waals surface area contributed by atoms with Crippen molar-refractivity contribution in [3.05, 3.63) is 47.2 Å². The molecule has 2 aliphatic rings. The highest BCUT2D eigenvalue weighted by Crippen LogP contribution is 2.41.